The summed E-state index contributed by atoms with van der Waals surface area (Å²) in [6.07, 6.45) is -0.217. The van der Waals surface area contributed by atoms with Gasteiger partial charge in [-0.05, 0) is 36.8 Å². The number of rotatable bonds is 9. The molecule has 0 saturated carbocycles. The van der Waals surface area contributed by atoms with Crippen molar-refractivity contribution in [2.45, 2.75) is 19.4 Å². The van der Waals surface area contributed by atoms with Gasteiger partial charge in [-0.1, -0.05) is 30.3 Å². The molecule has 6 nitrogen and oxygen atoms in total. The molecule has 0 radical (unpaired) electrons. The first-order chi connectivity index (χ1) is 12.1. The molecule has 0 bridgehead atoms. The first-order valence-electron chi connectivity index (χ1n) is 8.00. The SMILES string of the molecule is CCOc1ccc([C@H](CC(=O)O)NC(=O)COc2ccccc2)cc1. The van der Waals surface area contributed by atoms with Crippen molar-refractivity contribution in [3.05, 3.63) is 60.2 Å². The summed E-state index contributed by atoms with van der Waals surface area (Å²) in [7, 11) is 0. The summed E-state index contributed by atoms with van der Waals surface area (Å²) in [6.45, 7) is 2.25. The van der Waals surface area contributed by atoms with E-state index in [1.165, 1.54) is 0 Å². The third-order valence-corrected chi connectivity index (χ3v) is 3.42. The molecule has 2 rings (SSSR count). The third kappa shape index (κ3) is 6.18. The number of nitrogens with one attached hydrogen (secondary N) is 1. The minimum absolute atomic E-state index is 0.183. The van der Waals surface area contributed by atoms with Crippen LogP contribution in [-0.4, -0.2) is 30.2 Å². The van der Waals surface area contributed by atoms with Gasteiger partial charge in [0.25, 0.3) is 5.91 Å². The van der Waals surface area contributed by atoms with Gasteiger partial charge in [0.1, 0.15) is 11.5 Å². The van der Waals surface area contributed by atoms with E-state index < -0.39 is 12.0 Å². The number of carboxylic acids is 1. The molecule has 2 aromatic rings. The maximum atomic E-state index is 12.1. The summed E-state index contributed by atoms with van der Waals surface area (Å²) in [4.78, 5) is 23.2. The lowest BCUT2D eigenvalue weighted by Crippen LogP contribution is -2.33. The van der Waals surface area contributed by atoms with Crippen LogP contribution in [0, 0.1) is 0 Å². The molecule has 0 aliphatic heterocycles. The van der Waals surface area contributed by atoms with Gasteiger partial charge in [0.15, 0.2) is 6.61 Å². The zero-order chi connectivity index (χ0) is 18.1. The molecule has 0 aliphatic rings. The highest BCUT2D eigenvalue weighted by Gasteiger charge is 2.18. The Morgan fingerprint density at radius 2 is 1.64 bits per heavy atom. The lowest BCUT2D eigenvalue weighted by molar-refractivity contribution is -0.137. The standard InChI is InChI=1S/C19H21NO5/c1-2-24-16-10-8-14(9-11-16)17(12-19(22)23)20-18(21)13-25-15-6-4-3-5-7-15/h3-11,17H,2,12-13H2,1H3,(H,20,21)(H,22,23)/t17-/m0/s1. The second-order valence-corrected chi connectivity index (χ2v) is 5.32. The van der Waals surface area contributed by atoms with Gasteiger partial charge in [-0.3, -0.25) is 9.59 Å². The summed E-state index contributed by atoms with van der Waals surface area (Å²) < 4.78 is 10.7. The van der Waals surface area contributed by atoms with Crippen molar-refractivity contribution in [1.82, 2.24) is 5.32 Å². The Kier molecular flexibility index (Phi) is 6.83. The molecule has 2 N–H and O–H groups in total. The Labute approximate surface area is 146 Å². The molecule has 2 aromatic carbocycles. The average Bonchev–Trinajstić information content (AvgIpc) is 2.61. The maximum absolute atomic E-state index is 12.1. The van der Waals surface area contributed by atoms with Crippen molar-refractivity contribution in [2.75, 3.05) is 13.2 Å². The van der Waals surface area contributed by atoms with Gasteiger partial charge < -0.3 is 19.9 Å². The predicted molar refractivity (Wildman–Crippen MR) is 92.7 cm³/mol. The Morgan fingerprint density at radius 1 is 1.00 bits per heavy atom. The molecule has 0 heterocycles. The zero-order valence-electron chi connectivity index (χ0n) is 14.0. The molecule has 0 aromatic heterocycles. The second-order valence-electron chi connectivity index (χ2n) is 5.32. The molecule has 1 amide bonds. The van der Waals surface area contributed by atoms with E-state index in [1.54, 1.807) is 48.5 Å². The summed E-state index contributed by atoms with van der Waals surface area (Å²) in [5, 5.41) is 11.8. The lowest BCUT2D eigenvalue weighted by atomic mass is 10.0. The highest BCUT2D eigenvalue weighted by molar-refractivity contribution is 5.79. The number of amides is 1. The molecular weight excluding hydrogens is 322 g/mol. The fourth-order valence-corrected chi connectivity index (χ4v) is 2.29. The number of aliphatic carboxylic acids is 1. The summed E-state index contributed by atoms with van der Waals surface area (Å²) in [5.74, 6) is -0.111. The number of para-hydroxylation sites is 1. The number of hydrogen-bond donors (Lipinski definition) is 2. The number of carbonyl (C=O) groups excluding carboxylic acids is 1. The highest BCUT2D eigenvalue weighted by Crippen LogP contribution is 2.20. The van der Waals surface area contributed by atoms with E-state index in [-0.39, 0.29) is 18.9 Å². The van der Waals surface area contributed by atoms with Crippen LogP contribution in [0.15, 0.2) is 54.6 Å². The van der Waals surface area contributed by atoms with Gasteiger partial charge in [0.2, 0.25) is 0 Å². The number of benzene rings is 2. The predicted octanol–water partition coefficient (Wildman–Crippen LogP) is 2.80. The van der Waals surface area contributed by atoms with E-state index in [0.717, 1.165) is 0 Å². The third-order valence-electron chi connectivity index (χ3n) is 3.42. The van der Waals surface area contributed by atoms with Crippen LogP contribution < -0.4 is 14.8 Å². The van der Waals surface area contributed by atoms with Gasteiger partial charge in [-0.2, -0.15) is 0 Å². The van der Waals surface area contributed by atoms with Crippen molar-refractivity contribution in [2.24, 2.45) is 0 Å². The minimum atomic E-state index is -0.997. The van der Waals surface area contributed by atoms with Crippen LogP contribution in [0.25, 0.3) is 0 Å². The quantitative estimate of drug-likeness (QED) is 0.731. The van der Waals surface area contributed by atoms with E-state index in [9.17, 15) is 9.59 Å². The largest absolute Gasteiger partial charge is 0.494 e. The second kappa shape index (κ2) is 9.32. The van der Waals surface area contributed by atoms with Crippen molar-refractivity contribution < 1.29 is 24.2 Å². The maximum Gasteiger partial charge on any atom is 0.305 e. The minimum Gasteiger partial charge on any atom is -0.494 e. The van der Waals surface area contributed by atoms with Gasteiger partial charge in [-0.15, -0.1) is 0 Å². The van der Waals surface area contributed by atoms with Gasteiger partial charge >= 0.3 is 5.97 Å². The van der Waals surface area contributed by atoms with E-state index in [1.807, 2.05) is 13.0 Å². The fourth-order valence-electron chi connectivity index (χ4n) is 2.29. The molecule has 6 heteroatoms. The van der Waals surface area contributed by atoms with Crippen molar-refractivity contribution in [3.8, 4) is 11.5 Å². The van der Waals surface area contributed by atoms with Gasteiger partial charge in [0, 0.05) is 0 Å². The number of hydrogen-bond acceptors (Lipinski definition) is 4. The molecule has 25 heavy (non-hydrogen) atoms. The first-order valence-corrected chi connectivity index (χ1v) is 8.00. The van der Waals surface area contributed by atoms with Gasteiger partial charge in [-0.25, -0.2) is 0 Å². The summed E-state index contributed by atoms with van der Waals surface area (Å²) in [5.41, 5.74) is 0.693. The van der Waals surface area contributed by atoms with Gasteiger partial charge in [0.05, 0.1) is 19.1 Å². The molecule has 132 valence electrons. The molecular formula is C19H21NO5. The summed E-state index contributed by atoms with van der Waals surface area (Å²) >= 11 is 0. The monoisotopic (exact) mass is 343 g/mol. The van der Waals surface area contributed by atoms with Crippen LogP contribution >= 0.6 is 0 Å². The Bertz CT molecular complexity index is 685. The van der Waals surface area contributed by atoms with Crippen LogP contribution in [-0.2, 0) is 9.59 Å². The number of carboxylic acid groups (broad SMARTS) is 1. The van der Waals surface area contributed by atoms with Crippen LogP contribution in [0.1, 0.15) is 24.9 Å². The molecule has 0 fully saturated rings. The molecule has 0 unspecified atom stereocenters. The number of carbonyl (C=O) groups is 2. The fraction of sp³-hybridized carbons (Fsp3) is 0.263. The Balaban J connectivity index is 1.98. The molecule has 1 atom stereocenters. The first kappa shape index (κ1) is 18.3. The zero-order valence-corrected chi connectivity index (χ0v) is 14.0. The molecule has 0 spiro atoms. The molecule has 0 aliphatic carbocycles. The van der Waals surface area contributed by atoms with Crippen molar-refractivity contribution >= 4 is 11.9 Å². The average molecular weight is 343 g/mol. The topological polar surface area (TPSA) is 84.9 Å². The van der Waals surface area contributed by atoms with E-state index >= 15 is 0 Å². The molecule has 0 saturated heterocycles. The normalized spacial score (nSPS) is 11.4. The van der Waals surface area contributed by atoms with E-state index in [2.05, 4.69) is 5.32 Å². The lowest BCUT2D eigenvalue weighted by Gasteiger charge is -2.18. The number of ether oxygens (including phenoxy) is 2. The van der Waals surface area contributed by atoms with Crippen LogP contribution in [0.2, 0.25) is 0 Å². The van der Waals surface area contributed by atoms with Crippen LogP contribution in [0.4, 0.5) is 0 Å². The van der Waals surface area contributed by atoms with Crippen molar-refractivity contribution in [1.29, 1.82) is 0 Å². The highest BCUT2D eigenvalue weighted by atomic mass is 16.5. The van der Waals surface area contributed by atoms with E-state index in [0.29, 0.717) is 23.7 Å². The smallest absolute Gasteiger partial charge is 0.305 e. The Hall–Kier alpha value is -3.02. The summed E-state index contributed by atoms with van der Waals surface area (Å²) in [6, 6.07) is 15.3. The Morgan fingerprint density at radius 3 is 2.24 bits per heavy atom. The van der Waals surface area contributed by atoms with E-state index in [4.69, 9.17) is 14.6 Å². The van der Waals surface area contributed by atoms with Crippen LogP contribution in [0.3, 0.4) is 0 Å². The van der Waals surface area contributed by atoms with Crippen LogP contribution in [0.5, 0.6) is 11.5 Å². The van der Waals surface area contributed by atoms with Crippen molar-refractivity contribution in [3.63, 3.8) is 0 Å².